The van der Waals surface area contributed by atoms with Crippen LogP contribution in [-0.4, -0.2) is 21.8 Å². The maximum atomic E-state index is 11.7. The first-order chi connectivity index (χ1) is 23.3. The summed E-state index contributed by atoms with van der Waals surface area (Å²) in [5, 5.41) is 51.2. The Labute approximate surface area is 275 Å². The number of hydrogen-bond donors (Lipinski definition) is 2. The molecule has 234 valence electrons. The highest BCUT2D eigenvalue weighted by Gasteiger charge is 2.23. The summed E-state index contributed by atoms with van der Waals surface area (Å²) in [5.41, 5.74) is 1.19. The van der Waals surface area contributed by atoms with Crippen LogP contribution in [0.15, 0.2) is 133 Å². The van der Waals surface area contributed by atoms with Gasteiger partial charge in [-0.2, -0.15) is 0 Å². The number of phenolic OH excluding ortho intramolecular Hbond substituents is 2. The van der Waals surface area contributed by atoms with Crippen LogP contribution in [-0.2, 0) is 0 Å². The second-order valence-electron chi connectivity index (χ2n) is 11.7. The van der Waals surface area contributed by atoms with Crippen molar-refractivity contribution >= 4 is 65.4 Å². The number of Topliss-reactive ketones (excluding diaryl/α,β-unsaturated/α-hetero) is 2. The molecule has 8 aromatic carbocycles. The van der Waals surface area contributed by atoms with Crippen molar-refractivity contribution < 1.29 is 30.0 Å². The van der Waals surface area contributed by atoms with Crippen LogP contribution in [0, 0.1) is 0 Å². The van der Waals surface area contributed by atoms with Gasteiger partial charge in [-0.15, -0.1) is 11.5 Å². The summed E-state index contributed by atoms with van der Waals surface area (Å²) in [6.45, 7) is 0. The molecule has 48 heavy (non-hydrogen) atoms. The lowest BCUT2D eigenvalue weighted by Gasteiger charge is -2.17. The average Bonchev–Trinajstić information content (AvgIpc) is 3.12. The van der Waals surface area contributed by atoms with Gasteiger partial charge in [0.2, 0.25) is 0 Å². The van der Waals surface area contributed by atoms with E-state index in [0.29, 0.717) is 45.5 Å². The molecule has 1 aliphatic rings. The highest BCUT2D eigenvalue weighted by molar-refractivity contribution is 6.16. The lowest BCUT2D eigenvalue weighted by molar-refractivity contribution is -0.271. The van der Waals surface area contributed by atoms with Crippen molar-refractivity contribution in [1.82, 2.24) is 0 Å². The molecule has 0 amide bonds. The highest BCUT2D eigenvalue weighted by Crippen LogP contribution is 2.35. The van der Waals surface area contributed by atoms with E-state index in [0.717, 1.165) is 32.3 Å². The zero-order valence-corrected chi connectivity index (χ0v) is 25.6. The molecular formula is C42H28O6-2. The van der Waals surface area contributed by atoms with Gasteiger partial charge < -0.3 is 20.4 Å². The molecule has 2 N–H and O–H groups in total. The number of aromatic hydroxyl groups is 2. The fraction of sp³-hybridized carbons (Fsp3) is 0.0476. The van der Waals surface area contributed by atoms with Crippen molar-refractivity contribution in [3.63, 3.8) is 0 Å². The van der Waals surface area contributed by atoms with Gasteiger partial charge in [-0.05, 0) is 91.6 Å². The third-order valence-electron chi connectivity index (χ3n) is 8.71. The normalized spacial score (nSPS) is 12.4. The Morgan fingerprint density at radius 3 is 1.02 bits per heavy atom. The van der Waals surface area contributed by atoms with Gasteiger partial charge in [0, 0.05) is 34.7 Å². The minimum absolute atomic E-state index is 0.0837. The average molecular weight is 629 g/mol. The molecule has 0 spiro atoms. The van der Waals surface area contributed by atoms with E-state index in [-0.39, 0.29) is 34.6 Å². The molecule has 0 saturated heterocycles. The topological polar surface area (TPSA) is 121 Å². The van der Waals surface area contributed by atoms with Crippen LogP contribution < -0.4 is 10.2 Å². The van der Waals surface area contributed by atoms with Gasteiger partial charge >= 0.3 is 0 Å². The van der Waals surface area contributed by atoms with Gasteiger partial charge in [0.15, 0.2) is 11.6 Å². The molecule has 8 aromatic rings. The Morgan fingerprint density at radius 1 is 0.396 bits per heavy atom. The van der Waals surface area contributed by atoms with Gasteiger partial charge in [-0.25, -0.2) is 0 Å². The number of benzene rings is 8. The fourth-order valence-electron chi connectivity index (χ4n) is 6.18. The van der Waals surface area contributed by atoms with Crippen LogP contribution in [0.1, 0.15) is 33.6 Å². The van der Waals surface area contributed by atoms with Crippen molar-refractivity contribution in [3.05, 3.63) is 145 Å². The van der Waals surface area contributed by atoms with Crippen LogP contribution in [0.4, 0.5) is 0 Å². The molecule has 0 heterocycles. The van der Waals surface area contributed by atoms with Gasteiger partial charge in [0.05, 0.1) is 0 Å². The van der Waals surface area contributed by atoms with Crippen LogP contribution in [0.25, 0.3) is 53.9 Å². The Kier molecular flexibility index (Phi) is 7.83. The Balaban J connectivity index is 0.000000114. The minimum atomic E-state index is -0.0969. The van der Waals surface area contributed by atoms with E-state index < -0.39 is 0 Å². The minimum Gasteiger partial charge on any atom is -0.872 e. The summed E-state index contributed by atoms with van der Waals surface area (Å²) in [4.78, 5) is 23.4. The molecule has 0 bridgehead atoms. The molecule has 0 atom stereocenters. The second kappa shape index (κ2) is 12.4. The lowest BCUT2D eigenvalue weighted by atomic mass is 9.87. The molecule has 9 rings (SSSR count). The molecular weight excluding hydrogens is 600 g/mol. The maximum absolute atomic E-state index is 11.7. The van der Waals surface area contributed by atoms with Gasteiger partial charge in [-0.1, -0.05) is 84.9 Å². The lowest BCUT2D eigenvalue weighted by Crippen LogP contribution is -2.16. The largest absolute Gasteiger partial charge is 0.872 e. The molecule has 0 radical (unpaired) electrons. The molecule has 6 nitrogen and oxygen atoms in total. The highest BCUT2D eigenvalue weighted by atomic mass is 16.3. The number of carbonyl (C=O) groups is 2. The first-order valence-electron chi connectivity index (χ1n) is 15.5. The van der Waals surface area contributed by atoms with E-state index in [1.807, 2.05) is 97.1 Å². The van der Waals surface area contributed by atoms with Crippen molar-refractivity contribution in [2.75, 3.05) is 0 Å². The summed E-state index contributed by atoms with van der Waals surface area (Å²) in [6, 6.07) is 40.1. The molecule has 0 aromatic heterocycles. The summed E-state index contributed by atoms with van der Waals surface area (Å²) in [7, 11) is 0. The maximum Gasteiger partial charge on any atom is 0.164 e. The molecule has 0 unspecified atom stereocenters. The molecule has 0 fully saturated rings. The molecule has 1 aliphatic carbocycles. The van der Waals surface area contributed by atoms with Gasteiger partial charge in [-0.3, -0.25) is 9.59 Å². The third-order valence-corrected chi connectivity index (χ3v) is 8.71. The quantitative estimate of drug-likeness (QED) is 0.128. The summed E-state index contributed by atoms with van der Waals surface area (Å²) >= 11 is 0. The fourth-order valence-corrected chi connectivity index (χ4v) is 6.18. The van der Waals surface area contributed by atoms with E-state index in [1.165, 1.54) is 24.3 Å². The number of phenols is 2. The first-order valence-corrected chi connectivity index (χ1v) is 15.5. The van der Waals surface area contributed by atoms with Crippen LogP contribution >= 0.6 is 0 Å². The second-order valence-corrected chi connectivity index (χ2v) is 11.7. The van der Waals surface area contributed by atoms with Crippen molar-refractivity contribution in [2.45, 2.75) is 12.8 Å². The van der Waals surface area contributed by atoms with Gasteiger partial charge in [0.1, 0.15) is 11.5 Å². The van der Waals surface area contributed by atoms with Crippen LogP contribution in [0.3, 0.4) is 0 Å². The summed E-state index contributed by atoms with van der Waals surface area (Å²) in [5.74, 6) is 0.360. The standard InChI is InChI=1S/3C14H10O2/c3*15-13-5-6-14(16)12-8-10-4-2-1-3-9(10)7-11(12)13/h1-4,7-8H,5-6H2;2*1-8,15-16H/p-2. The van der Waals surface area contributed by atoms with E-state index in [4.69, 9.17) is 0 Å². The van der Waals surface area contributed by atoms with Crippen LogP contribution in [0.5, 0.6) is 23.0 Å². The number of carbonyl (C=O) groups excluding carboxylic acids is 2. The zero-order valence-electron chi connectivity index (χ0n) is 25.6. The number of ketones is 2. The van der Waals surface area contributed by atoms with Gasteiger partial charge in [0.25, 0.3) is 0 Å². The SMILES string of the molecule is O=C1CCC(=O)c2cc3ccccc3cc21.Oc1ccc(O)c2cc3ccccc3cc12.[O-]c1ccc([O-])c2cc3ccccc3cc12. The molecule has 0 saturated carbocycles. The van der Waals surface area contributed by atoms with Crippen LogP contribution in [0.2, 0.25) is 0 Å². The van der Waals surface area contributed by atoms with E-state index >= 15 is 0 Å². The summed E-state index contributed by atoms with van der Waals surface area (Å²) in [6.07, 6.45) is 0.703. The Morgan fingerprint density at radius 2 is 0.688 bits per heavy atom. The van der Waals surface area contributed by atoms with E-state index in [2.05, 4.69) is 0 Å². The summed E-state index contributed by atoms with van der Waals surface area (Å²) < 4.78 is 0. The predicted octanol–water partition coefficient (Wildman–Crippen LogP) is 8.54. The predicted molar refractivity (Wildman–Crippen MR) is 187 cm³/mol. The number of rotatable bonds is 0. The Hall–Kier alpha value is -6.40. The third kappa shape index (κ3) is 5.72. The molecule has 6 heteroatoms. The zero-order chi connectivity index (χ0) is 33.4. The van der Waals surface area contributed by atoms with Crippen molar-refractivity contribution in [1.29, 1.82) is 0 Å². The van der Waals surface area contributed by atoms with Crippen molar-refractivity contribution in [3.8, 4) is 23.0 Å². The van der Waals surface area contributed by atoms with E-state index in [1.54, 1.807) is 12.1 Å². The molecule has 0 aliphatic heterocycles. The van der Waals surface area contributed by atoms with Crippen molar-refractivity contribution in [2.24, 2.45) is 0 Å². The van der Waals surface area contributed by atoms with E-state index in [9.17, 15) is 30.0 Å². The smallest absolute Gasteiger partial charge is 0.164 e. The number of hydrogen-bond acceptors (Lipinski definition) is 6. The first kappa shape index (κ1) is 30.3. The Bertz CT molecular complexity index is 2250. The number of fused-ring (bicyclic) bond motifs is 6. The monoisotopic (exact) mass is 628 g/mol.